The summed E-state index contributed by atoms with van der Waals surface area (Å²) in [5, 5.41) is 6.96. The first-order valence-electron chi connectivity index (χ1n) is 9.23. The van der Waals surface area contributed by atoms with Gasteiger partial charge in [0, 0.05) is 29.8 Å². The van der Waals surface area contributed by atoms with Crippen LogP contribution >= 0.6 is 0 Å². The second-order valence-corrected chi connectivity index (χ2v) is 9.23. The lowest BCUT2D eigenvalue weighted by Gasteiger charge is -2.13. The number of aryl methyl sites for hydroxylation is 3. The lowest BCUT2D eigenvalue weighted by molar-refractivity contribution is -0.116. The second-order valence-electron chi connectivity index (χ2n) is 7.22. The summed E-state index contributed by atoms with van der Waals surface area (Å²) in [7, 11) is -3.37. The van der Waals surface area contributed by atoms with Gasteiger partial charge in [0.1, 0.15) is 5.56 Å². The lowest BCUT2D eigenvalue weighted by atomic mass is 10.1. The number of rotatable bonds is 6. The van der Waals surface area contributed by atoms with Gasteiger partial charge in [0.05, 0.1) is 11.1 Å². The fourth-order valence-electron chi connectivity index (χ4n) is 3.26. The molecule has 0 atom stereocenters. The number of aromatic nitrogens is 3. The molecule has 3 aromatic rings. The highest BCUT2D eigenvalue weighted by Gasteiger charge is 2.17. The van der Waals surface area contributed by atoms with Crippen LogP contribution in [0.5, 0.6) is 0 Å². The minimum atomic E-state index is -3.37. The summed E-state index contributed by atoms with van der Waals surface area (Å²) in [6.07, 6.45) is 3.08. The van der Waals surface area contributed by atoms with E-state index in [0.717, 1.165) is 23.1 Å². The van der Waals surface area contributed by atoms with Crippen molar-refractivity contribution in [3.63, 3.8) is 0 Å². The molecule has 2 heterocycles. The maximum Gasteiger partial charge on any atom is 0.254 e. The first-order valence-corrected chi connectivity index (χ1v) is 11.1. The predicted octanol–water partition coefficient (Wildman–Crippen LogP) is 1.73. The zero-order valence-corrected chi connectivity index (χ0v) is 18.0. The minimum absolute atomic E-state index is 0.147. The van der Waals surface area contributed by atoms with Crippen molar-refractivity contribution in [2.75, 3.05) is 11.6 Å². The Labute approximate surface area is 174 Å². The van der Waals surface area contributed by atoms with Gasteiger partial charge in [0.15, 0.2) is 15.5 Å². The summed E-state index contributed by atoms with van der Waals surface area (Å²) in [5.74, 6) is -0.851. The van der Waals surface area contributed by atoms with Gasteiger partial charge < -0.3 is 11.1 Å². The molecule has 1 aromatic carbocycles. The molecule has 10 heteroatoms. The minimum Gasteiger partial charge on any atom is -0.365 e. The van der Waals surface area contributed by atoms with Crippen LogP contribution in [0.4, 0.5) is 5.69 Å². The van der Waals surface area contributed by atoms with E-state index in [4.69, 9.17) is 5.73 Å². The third-order valence-corrected chi connectivity index (χ3v) is 6.10. The van der Waals surface area contributed by atoms with Crippen molar-refractivity contribution in [2.45, 2.75) is 38.5 Å². The molecule has 3 N–H and O–H groups in total. The summed E-state index contributed by atoms with van der Waals surface area (Å²) in [6.45, 7) is 5.44. The van der Waals surface area contributed by atoms with Gasteiger partial charge in [-0.05, 0) is 50.5 Å². The van der Waals surface area contributed by atoms with Gasteiger partial charge in [-0.25, -0.2) is 17.9 Å². The monoisotopic (exact) mass is 429 g/mol. The molecular formula is C20H23N5O4S. The van der Waals surface area contributed by atoms with Gasteiger partial charge in [0.2, 0.25) is 5.91 Å². The Morgan fingerprint density at radius 2 is 1.90 bits per heavy atom. The molecule has 0 fully saturated rings. The van der Waals surface area contributed by atoms with Crippen LogP contribution in [0.1, 0.15) is 39.3 Å². The van der Waals surface area contributed by atoms with Crippen molar-refractivity contribution >= 4 is 33.0 Å². The first kappa shape index (κ1) is 21.4. The molecule has 0 saturated heterocycles. The molecule has 2 amide bonds. The lowest BCUT2D eigenvalue weighted by Crippen LogP contribution is -2.16. The van der Waals surface area contributed by atoms with E-state index < -0.39 is 15.7 Å². The van der Waals surface area contributed by atoms with Gasteiger partial charge in [-0.3, -0.25) is 9.59 Å². The number of nitrogens with two attached hydrogens (primary N) is 1. The summed E-state index contributed by atoms with van der Waals surface area (Å²) >= 11 is 0. The van der Waals surface area contributed by atoms with Crippen molar-refractivity contribution in [3.8, 4) is 0 Å². The second kappa shape index (κ2) is 7.86. The number of carbonyl (C=O) groups is 2. The number of hydrogen-bond acceptors (Lipinski definition) is 6. The molecule has 0 unspecified atom stereocenters. The Morgan fingerprint density at radius 3 is 2.53 bits per heavy atom. The van der Waals surface area contributed by atoms with Crippen molar-refractivity contribution in [2.24, 2.45) is 5.73 Å². The number of benzene rings is 1. The van der Waals surface area contributed by atoms with E-state index in [2.05, 4.69) is 15.4 Å². The van der Waals surface area contributed by atoms with E-state index in [1.165, 1.54) is 18.3 Å². The molecule has 0 aliphatic heterocycles. The number of anilines is 1. The SMILES string of the molecule is Cc1ccc(S(C)(=O)=O)cc1NC(=O)CCc1c(C)nc2c(C(N)=O)cnn2c1C. The van der Waals surface area contributed by atoms with Crippen LogP contribution in [-0.2, 0) is 21.1 Å². The van der Waals surface area contributed by atoms with E-state index in [9.17, 15) is 18.0 Å². The standard InChI is InChI=1S/C20H23N5O4S/c1-11-5-6-14(30(4,28)29)9-17(11)24-18(26)8-7-15-12(2)23-20-16(19(21)27)10-22-25(20)13(15)3/h5-6,9-10H,7-8H2,1-4H3,(H2,21,27)(H,24,26). The van der Waals surface area contributed by atoms with Gasteiger partial charge in [-0.1, -0.05) is 6.07 Å². The summed E-state index contributed by atoms with van der Waals surface area (Å²) in [4.78, 5) is 28.6. The number of nitrogens with one attached hydrogen (secondary N) is 1. The molecule has 0 bridgehead atoms. The van der Waals surface area contributed by atoms with E-state index in [1.807, 2.05) is 6.92 Å². The predicted molar refractivity (Wildman–Crippen MR) is 112 cm³/mol. The highest BCUT2D eigenvalue weighted by molar-refractivity contribution is 7.90. The average Bonchev–Trinajstić information content (AvgIpc) is 3.06. The smallest absolute Gasteiger partial charge is 0.254 e. The van der Waals surface area contributed by atoms with Crippen LogP contribution in [0.15, 0.2) is 29.3 Å². The zero-order valence-electron chi connectivity index (χ0n) is 17.2. The van der Waals surface area contributed by atoms with Gasteiger partial charge >= 0.3 is 0 Å². The molecule has 9 nitrogen and oxygen atoms in total. The third kappa shape index (κ3) is 4.18. The molecular weight excluding hydrogens is 406 g/mol. The molecule has 0 saturated carbocycles. The first-order chi connectivity index (χ1) is 14.0. The van der Waals surface area contributed by atoms with Crippen LogP contribution in [0.25, 0.3) is 5.65 Å². The van der Waals surface area contributed by atoms with Gasteiger partial charge in [-0.2, -0.15) is 5.10 Å². The molecule has 158 valence electrons. The Hall–Kier alpha value is -3.27. The largest absolute Gasteiger partial charge is 0.365 e. The Kier molecular flexibility index (Phi) is 5.62. The molecule has 3 rings (SSSR count). The Morgan fingerprint density at radius 1 is 1.20 bits per heavy atom. The number of nitrogens with zero attached hydrogens (tertiary/aromatic N) is 3. The summed E-state index contributed by atoms with van der Waals surface area (Å²) < 4.78 is 25.1. The highest BCUT2D eigenvalue weighted by Crippen LogP contribution is 2.22. The van der Waals surface area contributed by atoms with Crippen molar-refractivity contribution < 1.29 is 18.0 Å². The Bertz CT molecular complexity index is 1280. The topological polar surface area (TPSA) is 137 Å². The maximum absolute atomic E-state index is 12.5. The fraction of sp³-hybridized carbons (Fsp3) is 0.300. The van der Waals surface area contributed by atoms with Crippen molar-refractivity contribution in [3.05, 3.63) is 52.5 Å². The quantitative estimate of drug-likeness (QED) is 0.612. The molecule has 2 aromatic heterocycles. The van der Waals surface area contributed by atoms with Gasteiger partial charge in [-0.15, -0.1) is 0 Å². The molecule has 0 spiro atoms. The van der Waals surface area contributed by atoms with E-state index in [-0.39, 0.29) is 22.8 Å². The zero-order chi connectivity index (χ0) is 22.2. The van der Waals surface area contributed by atoms with Crippen LogP contribution in [-0.4, -0.2) is 41.1 Å². The van der Waals surface area contributed by atoms with Crippen LogP contribution in [0.3, 0.4) is 0 Å². The Balaban J connectivity index is 1.80. The van der Waals surface area contributed by atoms with Crippen LogP contribution in [0.2, 0.25) is 0 Å². The van der Waals surface area contributed by atoms with Crippen LogP contribution in [0, 0.1) is 20.8 Å². The van der Waals surface area contributed by atoms with Crippen molar-refractivity contribution in [1.29, 1.82) is 0 Å². The maximum atomic E-state index is 12.5. The fourth-order valence-corrected chi connectivity index (χ4v) is 3.91. The van der Waals surface area contributed by atoms with E-state index >= 15 is 0 Å². The van der Waals surface area contributed by atoms with Crippen LogP contribution < -0.4 is 11.1 Å². The number of amides is 2. The number of sulfone groups is 1. The number of carbonyl (C=O) groups excluding carboxylic acids is 2. The number of fused-ring (bicyclic) bond motifs is 1. The summed E-state index contributed by atoms with van der Waals surface area (Å²) in [5.41, 5.74) is 9.52. The summed E-state index contributed by atoms with van der Waals surface area (Å²) in [6, 6.07) is 4.63. The third-order valence-electron chi connectivity index (χ3n) is 4.99. The number of hydrogen-bond donors (Lipinski definition) is 2. The molecule has 0 radical (unpaired) electrons. The number of primary amides is 1. The molecule has 0 aliphatic carbocycles. The van der Waals surface area contributed by atoms with Crippen molar-refractivity contribution in [1.82, 2.24) is 14.6 Å². The average molecular weight is 430 g/mol. The van der Waals surface area contributed by atoms with E-state index in [1.54, 1.807) is 24.4 Å². The molecule has 30 heavy (non-hydrogen) atoms. The van der Waals surface area contributed by atoms with Gasteiger partial charge in [0.25, 0.3) is 5.91 Å². The van der Waals surface area contributed by atoms with E-state index in [0.29, 0.717) is 23.4 Å². The molecule has 0 aliphatic rings. The highest BCUT2D eigenvalue weighted by atomic mass is 32.2. The normalized spacial score (nSPS) is 11.6.